The predicted molar refractivity (Wildman–Crippen MR) is 76.6 cm³/mol. The van der Waals surface area contributed by atoms with Gasteiger partial charge in [0.05, 0.1) is 18.7 Å². The Balaban J connectivity index is 1.84. The molecule has 5 nitrogen and oxygen atoms in total. The van der Waals surface area contributed by atoms with E-state index in [1.54, 1.807) is 6.07 Å². The van der Waals surface area contributed by atoms with Crippen molar-refractivity contribution in [2.24, 2.45) is 0 Å². The van der Waals surface area contributed by atoms with Crippen molar-refractivity contribution in [2.75, 3.05) is 26.4 Å². The molecule has 0 aliphatic heterocycles. The van der Waals surface area contributed by atoms with Crippen LogP contribution in [0.4, 0.5) is 0 Å². The number of carbonyl (C=O) groups is 1. The lowest BCUT2D eigenvalue weighted by Crippen LogP contribution is -2.26. The van der Waals surface area contributed by atoms with E-state index in [-0.39, 0.29) is 12.5 Å². The number of benzene rings is 1. The maximum atomic E-state index is 11.9. The first-order valence-corrected chi connectivity index (χ1v) is 6.64. The monoisotopic (exact) mass is 274 g/mol. The Kier molecular flexibility index (Phi) is 5.46. The van der Waals surface area contributed by atoms with E-state index in [1.165, 1.54) is 0 Å². The first kappa shape index (κ1) is 14.4. The van der Waals surface area contributed by atoms with Gasteiger partial charge in [-0.15, -0.1) is 0 Å². The zero-order valence-corrected chi connectivity index (χ0v) is 11.2. The van der Waals surface area contributed by atoms with Gasteiger partial charge in [0, 0.05) is 18.5 Å². The van der Waals surface area contributed by atoms with Gasteiger partial charge in [-0.25, -0.2) is 4.98 Å². The second-order valence-electron chi connectivity index (χ2n) is 4.33. The number of aliphatic hydroxyl groups excluding tert-OH is 1. The summed E-state index contributed by atoms with van der Waals surface area (Å²) in [6, 6.07) is 11.3. The summed E-state index contributed by atoms with van der Waals surface area (Å²) >= 11 is 0. The van der Waals surface area contributed by atoms with Gasteiger partial charge in [0.15, 0.2) is 0 Å². The van der Waals surface area contributed by atoms with Crippen LogP contribution < -0.4 is 5.32 Å². The van der Waals surface area contributed by atoms with E-state index in [9.17, 15) is 4.79 Å². The highest BCUT2D eigenvalue weighted by Gasteiger charge is 2.07. The third kappa shape index (κ3) is 4.01. The van der Waals surface area contributed by atoms with E-state index in [0.29, 0.717) is 31.9 Å². The van der Waals surface area contributed by atoms with E-state index in [4.69, 9.17) is 9.84 Å². The summed E-state index contributed by atoms with van der Waals surface area (Å²) in [5.74, 6) is -0.182. The molecule has 2 aromatic rings. The zero-order chi connectivity index (χ0) is 14.2. The molecule has 0 aliphatic carbocycles. The molecule has 0 spiro atoms. The Hall–Kier alpha value is -1.98. The molecule has 106 valence electrons. The van der Waals surface area contributed by atoms with Crippen molar-refractivity contribution in [3.05, 3.63) is 42.1 Å². The van der Waals surface area contributed by atoms with Crippen LogP contribution in [0.2, 0.25) is 0 Å². The van der Waals surface area contributed by atoms with Gasteiger partial charge in [-0.2, -0.15) is 0 Å². The summed E-state index contributed by atoms with van der Waals surface area (Å²) in [6.07, 6.45) is 0.708. The molecular formula is C15H18N2O3. The highest BCUT2D eigenvalue weighted by atomic mass is 16.5. The maximum Gasteiger partial charge on any atom is 0.269 e. The van der Waals surface area contributed by atoms with Gasteiger partial charge >= 0.3 is 0 Å². The van der Waals surface area contributed by atoms with Crippen molar-refractivity contribution < 1.29 is 14.6 Å². The summed E-state index contributed by atoms with van der Waals surface area (Å²) in [5.41, 5.74) is 1.23. The minimum absolute atomic E-state index is 0.0212. The van der Waals surface area contributed by atoms with E-state index in [2.05, 4.69) is 10.3 Å². The molecule has 0 aliphatic rings. The van der Waals surface area contributed by atoms with Gasteiger partial charge in [-0.3, -0.25) is 4.79 Å². The minimum Gasteiger partial charge on any atom is -0.394 e. The molecule has 2 N–H and O–H groups in total. The van der Waals surface area contributed by atoms with Crippen LogP contribution in [0.15, 0.2) is 36.4 Å². The van der Waals surface area contributed by atoms with Crippen molar-refractivity contribution in [2.45, 2.75) is 6.42 Å². The van der Waals surface area contributed by atoms with Crippen LogP contribution in [-0.4, -0.2) is 42.4 Å². The molecule has 2 rings (SSSR count). The fourth-order valence-corrected chi connectivity index (χ4v) is 1.83. The summed E-state index contributed by atoms with van der Waals surface area (Å²) in [6.45, 7) is 1.40. The predicted octanol–water partition coefficient (Wildman–Crippen LogP) is 1.36. The highest BCUT2D eigenvalue weighted by Crippen LogP contribution is 2.11. The number of amides is 1. The smallest absolute Gasteiger partial charge is 0.269 e. The van der Waals surface area contributed by atoms with Gasteiger partial charge < -0.3 is 15.2 Å². The molecule has 1 aromatic carbocycles. The van der Waals surface area contributed by atoms with Crippen LogP contribution in [0.5, 0.6) is 0 Å². The Morgan fingerprint density at radius 3 is 2.90 bits per heavy atom. The molecule has 0 bridgehead atoms. The lowest BCUT2D eigenvalue weighted by molar-refractivity contribution is 0.0866. The fraction of sp³-hybridized carbons (Fsp3) is 0.333. The Morgan fingerprint density at radius 2 is 2.05 bits per heavy atom. The molecule has 0 saturated carbocycles. The van der Waals surface area contributed by atoms with E-state index >= 15 is 0 Å². The number of carbonyl (C=O) groups excluding carboxylic acids is 1. The Bertz CT molecular complexity index is 572. The van der Waals surface area contributed by atoms with Crippen molar-refractivity contribution in [3.8, 4) is 0 Å². The number of ether oxygens (including phenoxy) is 1. The molecule has 0 fully saturated rings. The average molecular weight is 274 g/mol. The number of hydrogen-bond donors (Lipinski definition) is 2. The second-order valence-corrected chi connectivity index (χ2v) is 4.33. The summed E-state index contributed by atoms with van der Waals surface area (Å²) in [4.78, 5) is 16.2. The third-order valence-electron chi connectivity index (χ3n) is 2.82. The van der Waals surface area contributed by atoms with Crippen molar-refractivity contribution in [1.29, 1.82) is 0 Å². The zero-order valence-electron chi connectivity index (χ0n) is 11.2. The lowest BCUT2D eigenvalue weighted by Gasteiger charge is -2.06. The quantitative estimate of drug-likeness (QED) is 0.748. The maximum absolute atomic E-state index is 11.9. The van der Waals surface area contributed by atoms with Gasteiger partial charge in [-0.05, 0) is 18.6 Å². The Labute approximate surface area is 117 Å². The molecule has 1 aromatic heterocycles. The normalized spacial score (nSPS) is 10.7. The van der Waals surface area contributed by atoms with Crippen LogP contribution in [-0.2, 0) is 4.74 Å². The largest absolute Gasteiger partial charge is 0.394 e. The molecule has 0 atom stereocenters. The van der Waals surface area contributed by atoms with Gasteiger partial charge in [-0.1, -0.05) is 24.3 Å². The minimum atomic E-state index is -0.182. The second kappa shape index (κ2) is 7.57. The number of rotatable bonds is 7. The molecule has 0 radical (unpaired) electrons. The lowest BCUT2D eigenvalue weighted by atomic mass is 10.2. The van der Waals surface area contributed by atoms with Crippen LogP contribution in [0.3, 0.4) is 0 Å². The number of aromatic nitrogens is 1. The van der Waals surface area contributed by atoms with Gasteiger partial charge in [0.25, 0.3) is 5.91 Å². The van der Waals surface area contributed by atoms with Gasteiger partial charge in [0.2, 0.25) is 0 Å². The van der Waals surface area contributed by atoms with Gasteiger partial charge in [0.1, 0.15) is 5.69 Å². The number of fused-ring (bicyclic) bond motifs is 1. The number of hydrogen-bond acceptors (Lipinski definition) is 4. The number of pyridine rings is 1. The first-order valence-electron chi connectivity index (χ1n) is 6.64. The molecule has 1 amide bonds. The van der Waals surface area contributed by atoms with E-state index < -0.39 is 0 Å². The van der Waals surface area contributed by atoms with Crippen molar-refractivity contribution >= 4 is 16.8 Å². The van der Waals surface area contributed by atoms with Crippen LogP contribution in [0, 0.1) is 0 Å². The number of nitrogens with one attached hydrogen (secondary N) is 1. The SMILES string of the molecule is O=C(NCCCOCCO)c1ccc2ccccc2n1. The summed E-state index contributed by atoms with van der Waals surface area (Å²) in [5, 5.41) is 12.4. The van der Waals surface area contributed by atoms with Crippen molar-refractivity contribution in [3.63, 3.8) is 0 Å². The van der Waals surface area contributed by atoms with E-state index in [1.807, 2.05) is 30.3 Å². The Morgan fingerprint density at radius 1 is 1.20 bits per heavy atom. The number of para-hydroxylation sites is 1. The molecule has 5 heteroatoms. The highest BCUT2D eigenvalue weighted by molar-refractivity contribution is 5.94. The third-order valence-corrected chi connectivity index (χ3v) is 2.82. The van der Waals surface area contributed by atoms with Crippen LogP contribution >= 0.6 is 0 Å². The topological polar surface area (TPSA) is 71.5 Å². The summed E-state index contributed by atoms with van der Waals surface area (Å²) < 4.78 is 5.11. The molecule has 0 unspecified atom stereocenters. The molecule has 20 heavy (non-hydrogen) atoms. The molecule has 1 heterocycles. The van der Waals surface area contributed by atoms with E-state index in [0.717, 1.165) is 10.9 Å². The summed E-state index contributed by atoms with van der Waals surface area (Å²) in [7, 11) is 0. The first-order chi connectivity index (χ1) is 9.81. The molecular weight excluding hydrogens is 256 g/mol. The molecule has 0 saturated heterocycles. The fourth-order valence-electron chi connectivity index (χ4n) is 1.83. The average Bonchev–Trinajstić information content (AvgIpc) is 2.50. The van der Waals surface area contributed by atoms with Crippen LogP contribution in [0.1, 0.15) is 16.9 Å². The van der Waals surface area contributed by atoms with Crippen LogP contribution in [0.25, 0.3) is 10.9 Å². The standard InChI is InChI=1S/C15H18N2O3/c18-9-11-20-10-3-8-16-15(19)14-7-6-12-4-1-2-5-13(12)17-14/h1-2,4-7,18H,3,8-11H2,(H,16,19). The number of aliphatic hydroxyl groups is 1. The number of nitrogens with zero attached hydrogens (tertiary/aromatic N) is 1. The van der Waals surface area contributed by atoms with Crippen molar-refractivity contribution in [1.82, 2.24) is 10.3 Å².